The minimum atomic E-state index is -0.0344. The minimum Gasteiger partial charge on any atom is -0.497 e. The molecule has 1 aliphatic heterocycles. The molecule has 110 valence electrons. The fourth-order valence-corrected chi connectivity index (χ4v) is 2.14. The van der Waals surface area contributed by atoms with E-state index < -0.39 is 0 Å². The number of carbonyl (C=O) groups excluding carboxylic acids is 1. The zero-order chi connectivity index (χ0) is 14.4. The summed E-state index contributed by atoms with van der Waals surface area (Å²) in [7, 11) is 1.61. The molecule has 0 spiro atoms. The molecule has 1 amide bonds. The minimum absolute atomic E-state index is 0.0255. The number of nitrogens with two attached hydrogens (primary N) is 1. The van der Waals surface area contributed by atoms with Crippen molar-refractivity contribution in [1.29, 1.82) is 0 Å². The van der Waals surface area contributed by atoms with Gasteiger partial charge in [0.25, 0.3) is 0 Å². The second kappa shape index (κ2) is 7.23. The summed E-state index contributed by atoms with van der Waals surface area (Å²) in [5, 5.41) is 2.87. The van der Waals surface area contributed by atoms with Crippen LogP contribution in [0, 0.1) is 0 Å². The molecule has 1 aromatic carbocycles. The number of amides is 1. The zero-order valence-corrected chi connectivity index (χ0v) is 11.7. The molecule has 1 aliphatic rings. The number of hydrogen-bond acceptors (Lipinski definition) is 5. The third kappa shape index (κ3) is 4.19. The summed E-state index contributed by atoms with van der Waals surface area (Å²) in [6.45, 7) is 2.92. The Hall–Kier alpha value is -1.63. The molecule has 1 fully saturated rings. The van der Waals surface area contributed by atoms with Gasteiger partial charge in [-0.25, -0.2) is 0 Å². The number of nitrogens with zero attached hydrogens (tertiary/aromatic N) is 1. The van der Waals surface area contributed by atoms with Crippen LogP contribution < -0.4 is 15.8 Å². The SMILES string of the molecule is COc1ccc(NC(=O)CN2CCOC(CN)C2)cc1. The van der Waals surface area contributed by atoms with E-state index in [4.69, 9.17) is 15.2 Å². The second-order valence-corrected chi connectivity index (χ2v) is 4.74. The van der Waals surface area contributed by atoms with Crippen LogP contribution in [0.4, 0.5) is 5.69 Å². The van der Waals surface area contributed by atoms with E-state index in [2.05, 4.69) is 10.2 Å². The van der Waals surface area contributed by atoms with E-state index in [1.54, 1.807) is 7.11 Å². The first-order chi connectivity index (χ1) is 9.71. The number of nitrogens with one attached hydrogen (secondary N) is 1. The third-order valence-corrected chi connectivity index (χ3v) is 3.23. The average molecular weight is 279 g/mol. The Morgan fingerprint density at radius 2 is 2.25 bits per heavy atom. The van der Waals surface area contributed by atoms with Crippen molar-refractivity contribution in [1.82, 2.24) is 4.90 Å². The lowest BCUT2D eigenvalue weighted by Gasteiger charge is -2.31. The van der Waals surface area contributed by atoms with Gasteiger partial charge in [0.1, 0.15) is 5.75 Å². The maximum Gasteiger partial charge on any atom is 0.238 e. The van der Waals surface area contributed by atoms with Gasteiger partial charge in [0.2, 0.25) is 5.91 Å². The second-order valence-electron chi connectivity index (χ2n) is 4.74. The average Bonchev–Trinajstić information content (AvgIpc) is 2.48. The van der Waals surface area contributed by atoms with Gasteiger partial charge in [0.15, 0.2) is 0 Å². The molecular formula is C14H21N3O3. The fraction of sp³-hybridized carbons (Fsp3) is 0.500. The number of benzene rings is 1. The largest absolute Gasteiger partial charge is 0.497 e. The van der Waals surface area contributed by atoms with Gasteiger partial charge in [0, 0.05) is 25.3 Å². The summed E-state index contributed by atoms with van der Waals surface area (Å²) >= 11 is 0. The monoisotopic (exact) mass is 279 g/mol. The molecule has 1 atom stereocenters. The van der Waals surface area contributed by atoms with E-state index in [1.807, 2.05) is 24.3 Å². The van der Waals surface area contributed by atoms with E-state index in [0.717, 1.165) is 18.0 Å². The maximum atomic E-state index is 12.0. The third-order valence-electron chi connectivity index (χ3n) is 3.23. The van der Waals surface area contributed by atoms with Crippen molar-refractivity contribution >= 4 is 11.6 Å². The molecule has 0 aliphatic carbocycles. The van der Waals surface area contributed by atoms with Crippen molar-refractivity contribution < 1.29 is 14.3 Å². The standard InChI is InChI=1S/C14H21N3O3/c1-19-12-4-2-11(3-5-12)16-14(18)10-17-6-7-20-13(8-15)9-17/h2-5,13H,6-10,15H2,1H3,(H,16,18). The number of morpholine rings is 1. The first-order valence-electron chi connectivity index (χ1n) is 6.69. The molecule has 20 heavy (non-hydrogen) atoms. The summed E-state index contributed by atoms with van der Waals surface area (Å²) in [4.78, 5) is 14.0. The van der Waals surface area contributed by atoms with Crippen LogP contribution in [-0.4, -0.2) is 56.8 Å². The van der Waals surface area contributed by atoms with Gasteiger partial charge in [-0.3, -0.25) is 9.69 Å². The zero-order valence-electron chi connectivity index (χ0n) is 11.7. The van der Waals surface area contributed by atoms with Crippen molar-refractivity contribution in [3.05, 3.63) is 24.3 Å². The molecular weight excluding hydrogens is 258 g/mol. The fourth-order valence-electron chi connectivity index (χ4n) is 2.14. The predicted octanol–water partition coefficient (Wildman–Crippen LogP) is 0.293. The number of ether oxygens (including phenoxy) is 2. The van der Waals surface area contributed by atoms with Gasteiger partial charge in [-0.2, -0.15) is 0 Å². The number of anilines is 1. The van der Waals surface area contributed by atoms with Crippen LogP contribution in [0.3, 0.4) is 0 Å². The Kier molecular flexibility index (Phi) is 5.34. The van der Waals surface area contributed by atoms with Crippen LogP contribution in [0.15, 0.2) is 24.3 Å². The lowest BCUT2D eigenvalue weighted by molar-refractivity contribution is -0.119. The topological polar surface area (TPSA) is 76.8 Å². The molecule has 0 bridgehead atoms. The van der Waals surface area contributed by atoms with Crippen LogP contribution in [0.1, 0.15) is 0 Å². The highest BCUT2D eigenvalue weighted by Crippen LogP contribution is 2.15. The van der Waals surface area contributed by atoms with E-state index >= 15 is 0 Å². The Balaban J connectivity index is 1.82. The van der Waals surface area contributed by atoms with E-state index in [9.17, 15) is 4.79 Å². The molecule has 1 aromatic rings. The van der Waals surface area contributed by atoms with Crippen molar-refractivity contribution in [2.75, 3.05) is 45.2 Å². The lowest BCUT2D eigenvalue weighted by Crippen LogP contribution is -2.48. The Morgan fingerprint density at radius 3 is 2.90 bits per heavy atom. The van der Waals surface area contributed by atoms with Crippen LogP contribution in [0.25, 0.3) is 0 Å². The van der Waals surface area contributed by atoms with Gasteiger partial charge < -0.3 is 20.5 Å². The van der Waals surface area contributed by atoms with Gasteiger partial charge in [-0.15, -0.1) is 0 Å². The molecule has 0 radical (unpaired) electrons. The van der Waals surface area contributed by atoms with Crippen molar-refractivity contribution in [2.24, 2.45) is 5.73 Å². The summed E-state index contributed by atoms with van der Waals surface area (Å²) in [5.41, 5.74) is 6.35. The number of carbonyl (C=O) groups is 1. The lowest BCUT2D eigenvalue weighted by atomic mass is 10.2. The summed E-state index contributed by atoms with van der Waals surface area (Å²) in [5.74, 6) is 0.731. The molecule has 2 rings (SSSR count). The van der Waals surface area contributed by atoms with Crippen LogP contribution >= 0.6 is 0 Å². The van der Waals surface area contributed by atoms with Crippen molar-refractivity contribution in [3.8, 4) is 5.75 Å². The van der Waals surface area contributed by atoms with E-state index in [-0.39, 0.29) is 12.0 Å². The number of methoxy groups -OCH3 is 1. The van der Waals surface area contributed by atoms with Gasteiger partial charge in [-0.1, -0.05) is 0 Å². The predicted molar refractivity (Wildman–Crippen MR) is 76.9 cm³/mol. The summed E-state index contributed by atoms with van der Waals surface area (Å²) < 4.78 is 10.5. The number of rotatable bonds is 5. The Bertz CT molecular complexity index is 436. The van der Waals surface area contributed by atoms with Crippen LogP contribution in [0.2, 0.25) is 0 Å². The number of hydrogen-bond donors (Lipinski definition) is 2. The van der Waals surface area contributed by atoms with Gasteiger partial charge >= 0.3 is 0 Å². The molecule has 6 heteroatoms. The first-order valence-corrected chi connectivity index (χ1v) is 6.69. The van der Waals surface area contributed by atoms with Crippen LogP contribution in [-0.2, 0) is 9.53 Å². The molecule has 1 saturated heterocycles. The van der Waals surface area contributed by atoms with Crippen LogP contribution in [0.5, 0.6) is 5.75 Å². The molecule has 1 heterocycles. The molecule has 3 N–H and O–H groups in total. The van der Waals surface area contributed by atoms with E-state index in [1.165, 1.54) is 0 Å². The van der Waals surface area contributed by atoms with Gasteiger partial charge in [0.05, 0.1) is 26.4 Å². The van der Waals surface area contributed by atoms with Crippen molar-refractivity contribution in [3.63, 3.8) is 0 Å². The highest BCUT2D eigenvalue weighted by molar-refractivity contribution is 5.92. The molecule has 6 nitrogen and oxygen atoms in total. The summed E-state index contributed by atoms with van der Waals surface area (Å²) in [6, 6.07) is 7.26. The smallest absolute Gasteiger partial charge is 0.238 e. The summed E-state index contributed by atoms with van der Waals surface area (Å²) in [6.07, 6.45) is 0.0255. The van der Waals surface area contributed by atoms with E-state index in [0.29, 0.717) is 26.2 Å². The highest BCUT2D eigenvalue weighted by atomic mass is 16.5. The normalized spacial score (nSPS) is 19.6. The van der Waals surface area contributed by atoms with Gasteiger partial charge in [-0.05, 0) is 24.3 Å². The Morgan fingerprint density at radius 1 is 1.50 bits per heavy atom. The highest BCUT2D eigenvalue weighted by Gasteiger charge is 2.20. The molecule has 1 unspecified atom stereocenters. The molecule has 0 saturated carbocycles. The Labute approximate surface area is 118 Å². The first kappa shape index (κ1) is 14.8. The molecule has 0 aromatic heterocycles. The van der Waals surface area contributed by atoms with Crippen molar-refractivity contribution in [2.45, 2.75) is 6.10 Å². The maximum absolute atomic E-state index is 12.0. The quantitative estimate of drug-likeness (QED) is 0.810.